The highest BCUT2D eigenvalue weighted by atomic mass is 16.1. The average molecular weight is 74.5 g/mol. The fourth-order valence-electron chi connectivity index (χ4n) is 0.116. The Balaban J connectivity index is 2.83. The molecule has 6 heavy (non-hydrogen) atoms. The van der Waals surface area contributed by atoms with Gasteiger partial charge in [-0.05, 0) is 6.32 Å². The fraction of sp³-hybridized carbons (Fsp3) is 0.500. The van der Waals surface area contributed by atoms with Gasteiger partial charge in [0.05, 0.1) is 12.9 Å². The number of hydrogen-bond donors (Lipinski definition) is 0. The van der Waals surface area contributed by atoms with Gasteiger partial charge in [0.15, 0.2) is 7.85 Å². The first-order valence-corrected chi connectivity index (χ1v) is 1.59. The minimum absolute atomic E-state index is 0.167. The third kappa shape index (κ3) is 3.86. The molecule has 4 heteroatoms. The van der Waals surface area contributed by atoms with E-state index in [1.54, 1.807) is 0 Å². The SMILES string of the molecule is [B][B]CC([B])=O. The predicted molar refractivity (Wildman–Crippen MR) is 27.1 cm³/mol. The molecule has 0 aromatic rings. The van der Waals surface area contributed by atoms with E-state index >= 15 is 0 Å². The molecule has 0 amide bonds. The lowest BCUT2D eigenvalue weighted by Gasteiger charge is -1.79. The number of rotatable bonds is 2. The van der Waals surface area contributed by atoms with E-state index in [0.717, 1.165) is 0 Å². The van der Waals surface area contributed by atoms with Gasteiger partial charge in [0.1, 0.15) is 0 Å². The van der Waals surface area contributed by atoms with E-state index in [0.29, 0.717) is 0 Å². The summed E-state index contributed by atoms with van der Waals surface area (Å²) >= 11 is 0. The van der Waals surface area contributed by atoms with Crippen molar-refractivity contribution < 1.29 is 4.79 Å². The summed E-state index contributed by atoms with van der Waals surface area (Å²) in [5.41, 5.74) is -0.391. The Morgan fingerprint density at radius 2 is 2.33 bits per heavy atom. The van der Waals surface area contributed by atoms with Crippen molar-refractivity contribution in [1.29, 1.82) is 0 Å². The van der Waals surface area contributed by atoms with Crippen LogP contribution in [0.2, 0.25) is 6.32 Å². The monoisotopic (exact) mass is 75.0 g/mol. The summed E-state index contributed by atoms with van der Waals surface area (Å²) in [5.74, 6) is 0. The molecular weight excluding hydrogens is 72.5 g/mol. The van der Waals surface area contributed by atoms with E-state index in [1.807, 2.05) is 0 Å². The maximum absolute atomic E-state index is 9.71. The second-order valence-electron chi connectivity index (χ2n) is 0.906. The van der Waals surface area contributed by atoms with Gasteiger partial charge in [-0.15, -0.1) is 0 Å². The van der Waals surface area contributed by atoms with Gasteiger partial charge in [0.2, 0.25) is 0 Å². The molecule has 0 heterocycles. The average Bonchev–Trinajstić information content (AvgIpc) is 1.35. The Kier molecular flexibility index (Phi) is 3.00. The topological polar surface area (TPSA) is 17.1 Å². The number of hydrogen-bond acceptors (Lipinski definition) is 1. The summed E-state index contributed by atoms with van der Waals surface area (Å²) in [6.07, 6.45) is 0.167. The molecule has 0 aliphatic heterocycles. The van der Waals surface area contributed by atoms with E-state index in [9.17, 15) is 4.79 Å². The van der Waals surface area contributed by atoms with Crippen molar-refractivity contribution >= 4 is 28.4 Å². The Labute approximate surface area is 40.5 Å². The molecule has 0 saturated carbocycles. The highest BCUT2D eigenvalue weighted by Gasteiger charge is 1.84. The normalized spacial score (nSPS) is 7.33. The van der Waals surface area contributed by atoms with Crippen molar-refractivity contribution in [2.24, 2.45) is 0 Å². The van der Waals surface area contributed by atoms with Crippen molar-refractivity contribution in [2.75, 3.05) is 0 Å². The lowest BCUT2D eigenvalue weighted by Crippen LogP contribution is -2.00. The molecule has 0 rings (SSSR count). The Morgan fingerprint density at radius 1 is 1.83 bits per heavy atom. The molecule has 0 fully saturated rings. The van der Waals surface area contributed by atoms with Crippen molar-refractivity contribution in [2.45, 2.75) is 6.32 Å². The van der Waals surface area contributed by atoms with Crippen LogP contribution in [-0.4, -0.2) is 28.4 Å². The van der Waals surface area contributed by atoms with Gasteiger partial charge in [-0.3, -0.25) is 0 Å². The van der Waals surface area contributed by atoms with Crippen molar-refractivity contribution in [3.63, 3.8) is 0 Å². The van der Waals surface area contributed by atoms with Crippen LogP contribution < -0.4 is 0 Å². The number of carbonyl (C=O) groups excluding carboxylic acids is 1. The molecule has 0 bridgehead atoms. The van der Waals surface area contributed by atoms with E-state index in [4.69, 9.17) is 7.74 Å². The number of carbonyl (C=O) groups is 1. The zero-order valence-electron chi connectivity index (χ0n) is 3.35. The van der Waals surface area contributed by atoms with E-state index in [2.05, 4.69) is 7.85 Å². The van der Waals surface area contributed by atoms with Crippen LogP contribution in [0.1, 0.15) is 0 Å². The van der Waals surface area contributed by atoms with Gasteiger partial charge in [0.25, 0.3) is 0 Å². The molecule has 0 N–H and O–H groups in total. The third-order valence-corrected chi connectivity index (χ3v) is 0.319. The zero-order valence-corrected chi connectivity index (χ0v) is 3.35. The largest absolute Gasteiger partial charge is 0.314 e. The molecule has 0 atom stereocenters. The minimum Gasteiger partial charge on any atom is -0.314 e. The summed E-state index contributed by atoms with van der Waals surface area (Å²) in [7, 11) is 10.7. The van der Waals surface area contributed by atoms with Crippen LogP contribution in [0.4, 0.5) is 0 Å². The standard InChI is InChI=1S/C2H2B3O/c3-2(6)1-5-4/h1H2. The van der Waals surface area contributed by atoms with E-state index in [1.165, 1.54) is 7.17 Å². The first-order chi connectivity index (χ1) is 2.77. The molecule has 25 valence electrons. The van der Waals surface area contributed by atoms with Gasteiger partial charge < -0.3 is 4.79 Å². The summed E-state index contributed by atoms with van der Waals surface area (Å²) in [4.78, 5) is 9.71. The van der Waals surface area contributed by atoms with Crippen LogP contribution in [0.5, 0.6) is 0 Å². The molecule has 0 spiro atoms. The maximum Gasteiger partial charge on any atom is 0.166 e. The Morgan fingerprint density at radius 3 is 2.33 bits per heavy atom. The zero-order chi connectivity index (χ0) is 4.99. The predicted octanol–water partition coefficient (Wildman–Crippen LogP) is -1.11. The van der Waals surface area contributed by atoms with Crippen LogP contribution in [0.3, 0.4) is 0 Å². The Hall–Kier alpha value is -0.135. The Bertz CT molecular complexity index is 52.8. The molecule has 0 aromatic carbocycles. The maximum atomic E-state index is 9.71. The lowest BCUT2D eigenvalue weighted by atomic mass is 9.51. The third-order valence-electron chi connectivity index (χ3n) is 0.319. The van der Waals surface area contributed by atoms with Gasteiger partial charge in [-0.25, -0.2) is 0 Å². The van der Waals surface area contributed by atoms with Crippen LogP contribution in [0.25, 0.3) is 0 Å². The van der Waals surface area contributed by atoms with Crippen molar-refractivity contribution in [1.82, 2.24) is 0 Å². The van der Waals surface area contributed by atoms with Crippen LogP contribution in [0.15, 0.2) is 0 Å². The highest BCUT2D eigenvalue weighted by Crippen LogP contribution is 1.68. The molecule has 0 aliphatic carbocycles. The second-order valence-corrected chi connectivity index (χ2v) is 0.906. The summed E-state index contributed by atoms with van der Waals surface area (Å²) in [6, 6.07) is 0. The van der Waals surface area contributed by atoms with Gasteiger partial charge in [-0.2, -0.15) is 0 Å². The molecule has 0 aliphatic rings. The van der Waals surface area contributed by atoms with Gasteiger partial charge in [0, 0.05) is 7.74 Å². The van der Waals surface area contributed by atoms with Crippen molar-refractivity contribution in [3.05, 3.63) is 0 Å². The van der Waals surface area contributed by atoms with Gasteiger partial charge in [-0.1, -0.05) is 0 Å². The van der Waals surface area contributed by atoms with Crippen molar-refractivity contribution in [3.8, 4) is 0 Å². The molecule has 0 aromatic heterocycles. The van der Waals surface area contributed by atoms with Crippen LogP contribution in [-0.2, 0) is 4.79 Å². The van der Waals surface area contributed by atoms with Gasteiger partial charge >= 0.3 is 0 Å². The van der Waals surface area contributed by atoms with E-state index in [-0.39, 0.29) is 6.32 Å². The molecule has 0 unspecified atom stereocenters. The first-order valence-electron chi connectivity index (χ1n) is 1.59. The molecule has 5 radical (unpaired) electrons. The smallest absolute Gasteiger partial charge is 0.166 e. The molecular formula is C2H2B3O. The lowest BCUT2D eigenvalue weighted by molar-refractivity contribution is -0.109. The summed E-state index contributed by atoms with van der Waals surface area (Å²) < 4.78 is 0. The fourth-order valence-corrected chi connectivity index (χ4v) is 0.116. The quantitative estimate of drug-likeness (QED) is 0.380. The van der Waals surface area contributed by atoms with Crippen LogP contribution >= 0.6 is 0 Å². The van der Waals surface area contributed by atoms with Crippen LogP contribution in [0, 0.1) is 0 Å². The second kappa shape index (κ2) is 3.07. The van der Waals surface area contributed by atoms with E-state index < -0.39 is 5.68 Å². The minimum atomic E-state index is -0.391. The summed E-state index contributed by atoms with van der Waals surface area (Å²) in [5, 5.41) is 0. The molecule has 1 nitrogen and oxygen atoms in total. The first kappa shape index (κ1) is 5.86. The molecule has 0 saturated heterocycles. The highest BCUT2D eigenvalue weighted by molar-refractivity contribution is 6.92. The summed E-state index contributed by atoms with van der Waals surface area (Å²) in [6.45, 7) is 0.